The van der Waals surface area contributed by atoms with Crippen molar-refractivity contribution in [2.45, 2.75) is 25.9 Å². The van der Waals surface area contributed by atoms with Crippen LogP contribution in [0.1, 0.15) is 25.8 Å². The van der Waals surface area contributed by atoms with E-state index in [2.05, 4.69) is 19.9 Å². The fraction of sp³-hybridized carbons (Fsp3) is 0.385. The first kappa shape index (κ1) is 11.3. The lowest BCUT2D eigenvalue weighted by Gasteiger charge is -2.20. The number of benzene rings is 1. The van der Waals surface area contributed by atoms with Crippen LogP contribution in [0.15, 0.2) is 24.3 Å². The fourth-order valence-corrected chi connectivity index (χ4v) is 1.97. The largest absolute Gasteiger partial charge is 0.495 e. The van der Waals surface area contributed by atoms with Crippen molar-refractivity contribution >= 4 is 17.4 Å². The molecule has 0 unspecified atom stereocenters. The summed E-state index contributed by atoms with van der Waals surface area (Å²) in [4.78, 5) is 0. The highest BCUT2D eigenvalue weighted by Crippen LogP contribution is 2.35. The molecule has 0 aliphatic carbocycles. The Morgan fingerprint density at radius 2 is 2.12 bits per heavy atom. The normalized spacial score (nSPS) is 17.9. The lowest BCUT2D eigenvalue weighted by Crippen LogP contribution is -2.17. The molecule has 3 heteroatoms. The molecule has 0 spiro atoms. The Morgan fingerprint density at radius 1 is 1.38 bits per heavy atom. The summed E-state index contributed by atoms with van der Waals surface area (Å²) in [6.07, 6.45) is 3.02. The molecule has 86 valence electrons. The summed E-state index contributed by atoms with van der Waals surface area (Å²) in [6, 6.07) is 5.68. The average Bonchev–Trinajstić information content (AvgIpc) is 2.59. The highest BCUT2D eigenvalue weighted by atomic mass is 35.5. The Balaban J connectivity index is 2.26. The van der Waals surface area contributed by atoms with Crippen LogP contribution in [0.5, 0.6) is 5.75 Å². The molecule has 0 bridgehead atoms. The van der Waals surface area contributed by atoms with Gasteiger partial charge in [-0.05, 0) is 38.1 Å². The molecule has 1 aromatic carbocycles. The van der Waals surface area contributed by atoms with Gasteiger partial charge in [-0.25, -0.2) is 0 Å². The molecular formula is C13H15ClO2. The van der Waals surface area contributed by atoms with Gasteiger partial charge in [0.1, 0.15) is 17.1 Å². The van der Waals surface area contributed by atoms with E-state index in [1.165, 1.54) is 0 Å². The molecule has 2 rings (SSSR count). The summed E-state index contributed by atoms with van der Waals surface area (Å²) in [5.41, 5.74) is 0.887. The van der Waals surface area contributed by atoms with Gasteiger partial charge < -0.3 is 9.47 Å². The van der Waals surface area contributed by atoms with Gasteiger partial charge in [-0.3, -0.25) is 0 Å². The molecule has 0 atom stereocenters. The number of halogens is 1. The summed E-state index contributed by atoms with van der Waals surface area (Å²) < 4.78 is 10.9. The third kappa shape index (κ3) is 2.17. The zero-order valence-electron chi connectivity index (χ0n) is 9.71. The summed E-state index contributed by atoms with van der Waals surface area (Å²) in [5, 5.41) is 0.606. The second-order valence-electron chi connectivity index (χ2n) is 4.48. The first-order valence-electron chi connectivity index (χ1n) is 5.25. The lowest BCUT2D eigenvalue weighted by molar-refractivity contribution is 0.100. The predicted octanol–water partition coefficient (Wildman–Crippen LogP) is 3.89. The van der Waals surface area contributed by atoms with Crippen LogP contribution in [0, 0.1) is 0 Å². The number of hydrogen-bond donors (Lipinski definition) is 0. The van der Waals surface area contributed by atoms with Crippen molar-refractivity contribution in [1.29, 1.82) is 0 Å². The molecule has 0 radical (unpaired) electrons. The van der Waals surface area contributed by atoms with Crippen molar-refractivity contribution in [2.75, 3.05) is 7.11 Å². The average molecular weight is 239 g/mol. The van der Waals surface area contributed by atoms with E-state index in [-0.39, 0.29) is 5.60 Å². The minimum atomic E-state index is -0.109. The van der Waals surface area contributed by atoms with Gasteiger partial charge in [0.05, 0.1) is 12.1 Å². The molecule has 0 aromatic heterocycles. The van der Waals surface area contributed by atoms with E-state index in [0.29, 0.717) is 10.8 Å². The summed E-state index contributed by atoms with van der Waals surface area (Å²) in [6.45, 7) is 4.14. The van der Waals surface area contributed by atoms with Crippen molar-refractivity contribution in [3.05, 3.63) is 34.9 Å². The van der Waals surface area contributed by atoms with Crippen molar-refractivity contribution in [3.63, 3.8) is 0 Å². The molecular weight excluding hydrogens is 224 g/mol. The topological polar surface area (TPSA) is 18.5 Å². The van der Waals surface area contributed by atoms with Gasteiger partial charge in [0.2, 0.25) is 0 Å². The van der Waals surface area contributed by atoms with E-state index in [4.69, 9.17) is 21.1 Å². The van der Waals surface area contributed by atoms with Crippen LogP contribution in [0.3, 0.4) is 0 Å². The van der Waals surface area contributed by atoms with Crippen LogP contribution in [-0.2, 0) is 4.74 Å². The molecule has 0 saturated carbocycles. The monoisotopic (exact) mass is 238 g/mol. The first-order chi connectivity index (χ1) is 7.52. The SMILES string of the molecule is COc1ccc(C2=CCC(C)(C)O2)cc1Cl. The van der Waals surface area contributed by atoms with Crippen LogP contribution in [0.25, 0.3) is 5.76 Å². The number of ether oxygens (including phenoxy) is 2. The van der Waals surface area contributed by atoms with Crippen LogP contribution in [-0.4, -0.2) is 12.7 Å². The van der Waals surface area contributed by atoms with Crippen molar-refractivity contribution in [1.82, 2.24) is 0 Å². The fourth-order valence-electron chi connectivity index (χ4n) is 1.72. The third-order valence-electron chi connectivity index (χ3n) is 2.60. The minimum absolute atomic E-state index is 0.109. The molecule has 2 nitrogen and oxygen atoms in total. The highest BCUT2D eigenvalue weighted by Gasteiger charge is 2.26. The Hall–Kier alpha value is -1.15. The Kier molecular flexibility index (Phi) is 2.85. The molecule has 16 heavy (non-hydrogen) atoms. The zero-order chi connectivity index (χ0) is 11.8. The summed E-state index contributed by atoms with van der Waals surface area (Å²) in [5.74, 6) is 1.58. The number of methoxy groups -OCH3 is 1. The van der Waals surface area contributed by atoms with Gasteiger partial charge in [0.25, 0.3) is 0 Å². The van der Waals surface area contributed by atoms with Gasteiger partial charge >= 0.3 is 0 Å². The standard InChI is InChI=1S/C13H15ClO2/c1-13(2)7-6-11(16-13)9-4-5-12(15-3)10(14)8-9/h4-6,8H,7H2,1-3H3. The second kappa shape index (κ2) is 4.02. The number of rotatable bonds is 2. The predicted molar refractivity (Wildman–Crippen MR) is 65.8 cm³/mol. The lowest BCUT2D eigenvalue weighted by atomic mass is 10.1. The Morgan fingerprint density at radius 3 is 2.62 bits per heavy atom. The van der Waals surface area contributed by atoms with Gasteiger partial charge in [0, 0.05) is 12.0 Å². The molecule has 1 aromatic rings. The first-order valence-corrected chi connectivity index (χ1v) is 5.63. The van der Waals surface area contributed by atoms with E-state index in [0.717, 1.165) is 17.7 Å². The third-order valence-corrected chi connectivity index (χ3v) is 2.90. The van der Waals surface area contributed by atoms with Crippen LogP contribution < -0.4 is 4.74 Å². The molecule has 0 amide bonds. The van der Waals surface area contributed by atoms with E-state index in [9.17, 15) is 0 Å². The van der Waals surface area contributed by atoms with E-state index >= 15 is 0 Å². The molecule has 0 fully saturated rings. The Bertz CT molecular complexity index is 436. The van der Waals surface area contributed by atoms with Crippen molar-refractivity contribution in [2.24, 2.45) is 0 Å². The molecule has 1 aliphatic rings. The Labute approximate surface area is 101 Å². The van der Waals surface area contributed by atoms with E-state index in [1.54, 1.807) is 7.11 Å². The van der Waals surface area contributed by atoms with Gasteiger partial charge in [-0.2, -0.15) is 0 Å². The smallest absolute Gasteiger partial charge is 0.137 e. The maximum absolute atomic E-state index is 6.07. The zero-order valence-corrected chi connectivity index (χ0v) is 10.5. The highest BCUT2D eigenvalue weighted by molar-refractivity contribution is 6.32. The minimum Gasteiger partial charge on any atom is -0.495 e. The molecule has 0 N–H and O–H groups in total. The van der Waals surface area contributed by atoms with Crippen LogP contribution >= 0.6 is 11.6 Å². The van der Waals surface area contributed by atoms with Gasteiger partial charge in [-0.15, -0.1) is 0 Å². The van der Waals surface area contributed by atoms with Gasteiger partial charge in [0.15, 0.2) is 0 Å². The molecule has 1 aliphatic heterocycles. The van der Waals surface area contributed by atoms with Crippen molar-refractivity contribution < 1.29 is 9.47 Å². The second-order valence-corrected chi connectivity index (χ2v) is 4.89. The quantitative estimate of drug-likeness (QED) is 0.778. The molecule has 0 saturated heterocycles. The maximum atomic E-state index is 6.07. The molecule has 1 heterocycles. The van der Waals surface area contributed by atoms with E-state index in [1.807, 2.05) is 18.2 Å². The van der Waals surface area contributed by atoms with E-state index < -0.39 is 0 Å². The maximum Gasteiger partial charge on any atom is 0.137 e. The van der Waals surface area contributed by atoms with Gasteiger partial charge in [-0.1, -0.05) is 11.6 Å². The van der Waals surface area contributed by atoms with Crippen molar-refractivity contribution in [3.8, 4) is 5.75 Å². The van der Waals surface area contributed by atoms with Crippen LogP contribution in [0.4, 0.5) is 0 Å². The van der Waals surface area contributed by atoms with Crippen LogP contribution in [0.2, 0.25) is 5.02 Å². The number of hydrogen-bond acceptors (Lipinski definition) is 2. The summed E-state index contributed by atoms with van der Waals surface area (Å²) >= 11 is 6.07. The summed E-state index contributed by atoms with van der Waals surface area (Å²) in [7, 11) is 1.61.